The van der Waals surface area contributed by atoms with Gasteiger partial charge in [0.2, 0.25) is 5.91 Å². The number of Topliss-reactive ketones (excluding diaryl/α,β-unsaturated/α-hetero) is 1. The highest BCUT2D eigenvalue weighted by Crippen LogP contribution is 2.24. The highest BCUT2D eigenvalue weighted by atomic mass is 16.5. The number of urea groups is 1. The Morgan fingerprint density at radius 2 is 1.10 bits per heavy atom. The molecule has 0 aliphatic carbocycles. The van der Waals surface area contributed by atoms with E-state index in [1.807, 2.05) is 7.05 Å². The number of carboxylic acid groups (broad SMARTS) is 5. The molecule has 2 aromatic carbocycles. The number of aryl methyl sites for hydroxylation is 2. The van der Waals surface area contributed by atoms with Gasteiger partial charge in [0.25, 0.3) is 0 Å². The van der Waals surface area contributed by atoms with Gasteiger partial charge >= 0.3 is 35.9 Å². The zero-order chi connectivity index (χ0) is 51.1. The number of unbranched alkanes of at least 4 members (excludes halogenated alkanes) is 1. The topological polar surface area (TPSA) is 351 Å². The number of nitrogens with one attached hydrogen (secondary N) is 4. The number of hydrogen-bond donors (Lipinski definition) is 11. The maximum atomic E-state index is 12.7. The van der Waals surface area contributed by atoms with E-state index in [2.05, 4.69) is 21.3 Å². The number of benzene rings is 2. The van der Waals surface area contributed by atoms with E-state index >= 15 is 0 Å². The normalized spacial score (nSPS) is 12.0. The van der Waals surface area contributed by atoms with Crippen molar-refractivity contribution in [3.05, 3.63) is 58.7 Å². The number of phenols is 2. The summed E-state index contributed by atoms with van der Waals surface area (Å²) in [5.41, 5.74) is 2.23. The highest BCUT2D eigenvalue weighted by Gasteiger charge is 2.25. The summed E-state index contributed by atoms with van der Waals surface area (Å²) < 4.78 is 10.9. The van der Waals surface area contributed by atoms with Gasteiger partial charge in [0, 0.05) is 82.7 Å². The van der Waals surface area contributed by atoms with Crippen LogP contribution in [0.2, 0.25) is 0 Å². The molecule has 23 heteroatoms. The molecule has 2 atom stereocenters. The summed E-state index contributed by atoms with van der Waals surface area (Å²) in [4.78, 5) is 98.1. The lowest BCUT2D eigenvalue weighted by atomic mass is 10.0. The van der Waals surface area contributed by atoms with Crippen molar-refractivity contribution in [2.45, 2.75) is 95.8 Å². The van der Waals surface area contributed by atoms with Gasteiger partial charge < -0.3 is 66.5 Å². The van der Waals surface area contributed by atoms with E-state index < -0.39 is 73.9 Å². The minimum atomic E-state index is -1.54. The Morgan fingerprint density at radius 3 is 1.61 bits per heavy atom. The summed E-state index contributed by atoms with van der Waals surface area (Å²) in [6.07, 6.45) is 1.50. The quantitative estimate of drug-likeness (QED) is 0.0422. The van der Waals surface area contributed by atoms with Crippen molar-refractivity contribution in [1.82, 2.24) is 31.1 Å². The number of aromatic hydroxyl groups is 2. The third-order valence-electron chi connectivity index (χ3n) is 10.6. The number of hydrogen-bond acceptors (Lipinski definition) is 15. The molecule has 0 fully saturated rings. The van der Waals surface area contributed by atoms with E-state index in [0.717, 1.165) is 12.1 Å². The number of rotatable bonds is 39. The average Bonchev–Trinajstić information content (AvgIpc) is 3.28. The van der Waals surface area contributed by atoms with Gasteiger partial charge in [0.05, 0.1) is 32.9 Å². The smallest absolute Gasteiger partial charge is 0.326 e. The fraction of sp³-hybridized carbons (Fsp3) is 0.565. The maximum Gasteiger partial charge on any atom is 0.326 e. The average molecular weight is 977 g/mol. The number of carbonyl (C=O) groups is 8. The number of aliphatic carboxylic acids is 5. The van der Waals surface area contributed by atoms with Gasteiger partial charge in [0.15, 0.2) is 0 Å². The van der Waals surface area contributed by atoms with Crippen molar-refractivity contribution in [3.8, 4) is 11.5 Å². The molecule has 0 heterocycles. The predicted octanol–water partition coefficient (Wildman–Crippen LogP) is 1.40. The lowest BCUT2D eigenvalue weighted by molar-refractivity contribution is -0.141. The third kappa shape index (κ3) is 26.7. The summed E-state index contributed by atoms with van der Waals surface area (Å²) >= 11 is 0. The maximum absolute atomic E-state index is 12.7. The lowest BCUT2D eigenvalue weighted by Crippen LogP contribution is -2.51. The molecule has 0 aliphatic heterocycles. The fourth-order valence-electron chi connectivity index (χ4n) is 6.88. The molecule has 2 rings (SSSR count). The van der Waals surface area contributed by atoms with Crippen LogP contribution in [-0.4, -0.2) is 178 Å². The van der Waals surface area contributed by atoms with Crippen molar-refractivity contribution in [2.75, 3.05) is 72.7 Å². The SMILES string of the molecule is CNCCOCCOCCCC(=O)CCc1ccc(O)c(CN(CCN(CC(=O)O)Cc2cc(CCC(=O)NCCCC[C@H](NC(=O)N[C@@H](CCC(=O)O)C(=O)O)C(=O)O)ccc2O)CC(=O)O)c1. The number of carboxylic acids is 5. The summed E-state index contributed by atoms with van der Waals surface area (Å²) in [5.74, 6) is -6.90. The van der Waals surface area contributed by atoms with Crippen molar-refractivity contribution in [3.63, 3.8) is 0 Å². The molecule has 384 valence electrons. The Hall–Kier alpha value is -6.40. The Bertz CT molecular complexity index is 1990. The van der Waals surface area contributed by atoms with Gasteiger partial charge in [-0.15, -0.1) is 0 Å². The number of amides is 3. The molecule has 0 aromatic heterocycles. The van der Waals surface area contributed by atoms with Crippen LogP contribution in [0.4, 0.5) is 4.79 Å². The van der Waals surface area contributed by atoms with Crippen LogP contribution in [-0.2, 0) is 69.0 Å². The molecule has 3 amide bonds. The van der Waals surface area contributed by atoms with E-state index in [0.29, 0.717) is 68.8 Å². The molecule has 0 spiro atoms. The van der Waals surface area contributed by atoms with Crippen LogP contribution in [0.25, 0.3) is 0 Å². The molecule has 11 N–H and O–H groups in total. The molecule has 0 bridgehead atoms. The third-order valence-corrected chi connectivity index (χ3v) is 10.6. The Labute approximate surface area is 400 Å². The molecule has 0 saturated carbocycles. The van der Waals surface area contributed by atoms with Gasteiger partial charge in [-0.1, -0.05) is 24.3 Å². The second-order valence-electron chi connectivity index (χ2n) is 16.3. The molecular weight excluding hydrogens is 909 g/mol. The van der Waals surface area contributed by atoms with Gasteiger partial charge in [0.1, 0.15) is 29.4 Å². The van der Waals surface area contributed by atoms with Gasteiger partial charge in [-0.25, -0.2) is 14.4 Å². The first-order chi connectivity index (χ1) is 32.9. The number of likely N-dealkylation sites (N-methyl/N-ethyl adjacent to an activating group) is 1. The number of nitrogens with zero attached hydrogens (tertiary/aromatic N) is 2. The summed E-state index contributed by atoms with van der Waals surface area (Å²) in [7, 11) is 1.84. The van der Waals surface area contributed by atoms with Crippen LogP contribution < -0.4 is 21.3 Å². The summed E-state index contributed by atoms with van der Waals surface area (Å²) in [5, 5.41) is 78.2. The van der Waals surface area contributed by atoms with Crippen LogP contribution >= 0.6 is 0 Å². The van der Waals surface area contributed by atoms with Crippen molar-refractivity contribution >= 4 is 47.6 Å². The van der Waals surface area contributed by atoms with Crippen LogP contribution in [0, 0.1) is 0 Å². The Morgan fingerprint density at radius 1 is 0.580 bits per heavy atom. The number of phenolic OH excluding ortho intramolecular Hbond substituents is 2. The molecule has 2 aromatic rings. The van der Waals surface area contributed by atoms with E-state index in [1.54, 1.807) is 24.3 Å². The van der Waals surface area contributed by atoms with Crippen LogP contribution in [0.5, 0.6) is 11.5 Å². The van der Waals surface area contributed by atoms with E-state index in [1.165, 1.54) is 21.9 Å². The lowest BCUT2D eigenvalue weighted by Gasteiger charge is -2.26. The van der Waals surface area contributed by atoms with Crippen molar-refractivity contribution in [1.29, 1.82) is 0 Å². The largest absolute Gasteiger partial charge is 0.508 e. The van der Waals surface area contributed by atoms with E-state index in [4.69, 9.17) is 14.6 Å². The Kier molecular flexibility index (Phi) is 28.2. The second-order valence-corrected chi connectivity index (χ2v) is 16.3. The van der Waals surface area contributed by atoms with E-state index in [9.17, 15) is 69.0 Å². The Balaban J connectivity index is 1.90. The van der Waals surface area contributed by atoms with Crippen molar-refractivity contribution in [2.24, 2.45) is 0 Å². The first-order valence-corrected chi connectivity index (χ1v) is 22.7. The summed E-state index contributed by atoms with van der Waals surface area (Å²) in [6, 6.07) is 5.56. The fourth-order valence-corrected chi connectivity index (χ4v) is 6.88. The molecule has 0 saturated heterocycles. The number of ketones is 1. The highest BCUT2D eigenvalue weighted by molar-refractivity contribution is 5.86. The molecule has 69 heavy (non-hydrogen) atoms. The zero-order valence-electron chi connectivity index (χ0n) is 39.0. The van der Waals surface area contributed by atoms with Gasteiger partial charge in [-0.05, 0) is 75.3 Å². The zero-order valence-corrected chi connectivity index (χ0v) is 39.0. The van der Waals surface area contributed by atoms with Gasteiger partial charge in [-0.2, -0.15) is 0 Å². The van der Waals surface area contributed by atoms with E-state index in [-0.39, 0.29) is 88.0 Å². The van der Waals surface area contributed by atoms with Crippen LogP contribution in [0.1, 0.15) is 80.0 Å². The molecular formula is C46H68N6O17. The first-order valence-electron chi connectivity index (χ1n) is 22.7. The van der Waals surface area contributed by atoms with Crippen LogP contribution in [0.3, 0.4) is 0 Å². The van der Waals surface area contributed by atoms with Gasteiger partial charge in [-0.3, -0.25) is 33.8 Å². The number of ether oxygens (including phenoxy) is 2. The van der Waals surface area contributed by atoms with Crippen LogP contribution in [0.15, 0.2) is 36.4 Å². The predicted molar refractivity (Wildman–Crippen MR) is 247 cm³/mol. The van der Waals surface area contributed by atoms with Crippen molar-refractivity contribution < 1.29 is 83.6 Å². The second kappa shape index (κ2) is 33.2. The minimum absolute atomic E-state index is 0.00771. The minimum Gasteiger partial charge on any atom is -0.508 e. The molecule has 0 aliphatic rings. The summed E-state index contributed by atoms with van der Waals surface area (Å²) in [6.45, 7) is 2.09. The monoisotopic (exact) mass is 976 g/mol. The standard InChI is InChI=1S/C46H68N6O17/c1-47-18-22-69-24-23-68-21-4-5-35(53)11-7-31-8-13-38(54)33(25-31)27-51(29-42(59)60)19-20-52(30-43(61)62)28-34-26-32(9-14-39(34)55)10-15-40(56)48-17-3-2-6-36(44(63)64)49-46(67)50-37(45(65)66)12-16-41(57)58/h8-9,13-14,25-26,36-37,47,54-55H,2-7,10-12,15-24,27-30H2,1H3,(H,48,56)(H,57,58)(H,59,60)(H,61,62)(H,63,64)(H,65,66)(H2,49,50,67)/t36-,37-/m0/s1. The first kappa shape index (κ1) is 58.7. The molecule has 23 nitrogen and oxygen atoms in total. The molecule has 0 radical (unpaired) electrons. The number of carbonyl (C=O) groups excluding carboxylic acids is 3. The molecule has 0 unspecified atom stereocenters.